The molecule has 1 aromatic carbocycles. The Morgan fingerprint density at radius 3 is 2.53 bits per heavy atom. The van der Waals surface area contributed by atoms with Crippen LogP contribution in [0.1, 0.15) is 65.1 Å². The largest absolute Gasteiger partial charge is 0.573 e. The van der Waals surface area contributed by atoms with Gasteiger partial charge in [-0.3, -0.25) is 10.1 Å². The molecule has 3 rings (SSSR count). The summed E-state index contributed by atoms with van der Waals surface area (Å²) in [5, 5.41) is 15.5. The van der Waals surface area contributed by atoms with Gasteiger partial charge in [-0.2, -0.15) is 13.2 Å². The van der Waals surface area contributed by atoms with Crippen molar-refractivity contribution >= 4 is 17.2 Å². The van der Waals surface area contributed by atoms with E-state index in [1.165, 1.54) is 19.1 Å². The molecule has 0 bridgehead atoms. The summed E-state index contributed by atoms with van der Waals surface area (Å²) in [5.74, 6) is -0.944. The molecule has 1 heterocycles. The van der Waals surface area contributed by atoms with Crippen molar-refractivity contribution in [1.29, 1.82) is 0 Å². The molecule has 36 heavy (non-hydrogen) atoms. The second kappa shape index (κ2) is 11.3. The number of rotatable bonds is 11. The molecule has 200 valence electrons. The number of thiazole rings is 1. The smallest absolute Gasteiger partial charge is 0.406 e. The second-order valence-corrected chi connectivity index (χ2v) is 9.99. The molecule has 1 saturated carbocycles. The summed E-state index contributed by atoms with van der Waals surface area (Å²) in [6, 6.07) is 3.89. The number of hydrogen-bond donors (Lipinski definition) is 3. The van der Waals surface area contributed by atoms with Gasteiger partial charge >= 0.3 is 12.5 Å². The number of aromatic nitrogens is 1. The number of carbonyl (C=O) groups excluding carboxylic acids is 1. The number of alkyl halides is 6. The Morgan fingerprint density at radius 1 is 1.22 bits per heavy atom. The third-order valence-corrected chi connectivity index (χ3v) is 6.83. The van der Waals surface area contributed by atoms with E-state index in [1.807, 2.05) is 6.92 Å². The van der Waals surface area contributed by atoms with Crippen molar-refractivity contribution in [3.8, 4) is 5.75 Å². The molecule has 3 atom stereocenters. The van der Waals surface area contributed by atoms with Crippen molar-refractivity contribution < 1.29 is 41.0 Å². The molecule has 13 heteroatoms. The molecule has 1 aliphatic carbocycles. The van der Waals surface area contributed by atoms with Crippen LogP contribution in [-0.4, -0.2) is 35.1 Å². The number of amides is 1. The summed E-state index contributed by atoms with van der Waals surface area (Å²) < 4.78 is 81.9. The molecule has 3 N–H and O–H groups in total. The van der Waals surface area contributed by atoms with Gasteiger partial charge in [0.1, 0.15) is 16.9 Å². The molecular weight excluding hydrogens is 512 g/mol. The van der Waals surface area contributed by atoms with Gasteiger partial charge in [0.25, 0.3) is 5.91 Å². The van der Waals surface area contributed by atoms with Gasteiger partial charge in [0.2, 0.25) is 0 Å². The first-order valence-electron chi connectivity index (χ1n) is 11.4. The van der Waals surface area contributed by atoms with E-state index in [2.05, 4.69) is 20.4 Å². The molecule has 0 radical (unpaired) electrons. The Kier molecular flexibility index (Phi) is 8.88. The zero-order chi connectivity index (χ0) is 26.7. The van der Waals surface area contributed by atoms with Crippen molar-refractivity contribution in [2.24, 2.45) is 11.8 Å². The van der Waals surface area contributed by atoms with Gasteiger partial charge in [-0.15, -0.1) is 24.5 Å². The molecular formula is C23H27F6N3O3S. The van der Waals surface area contributed by atoms with E-state index in [-0.39, 0.29) is 29.5 Å². The normalized spacial score (nSPS) is 16.9. The highest BCUT2D eigenvalue weighted by molar-refractivity contribution is 7.13. The van der Waals surface area contributed by atoms with E-state index in [0.717, 1.165) is 31.4 Å². The van der Waals surface area contributed by atoms with Crippen LogP contribution in [-0.2, 0) is 12.6 Å². The Balaban J connectivity index is 1.65. The highest BCUT2D eigenvalue weighted by Crippen LogP contribution is 2.36. The second-order valence-electron chi connectivity index (χ2n) is 8.90. The molecule has 3 unspecified atom stereocenters. The van der Waals surface area contributed by atoms with Gasteiger partial charge in [-0.05, 0) is 42.9 Å². The minimum atomic E-state index is -4.91. The first-order valence-corrected chi connectivity index (χ1v) is 12.2. The number of ether oxygens (including phenoxy) is 1. The monoisotopic (exact) mass is 539 g/mol. The Hall–Kier alpha value is -2.38. The number of carbonyl (C=O) groups is 1. The average Bonchev–Trinajstić information content (AvgIpc) is 3.46. The fourth-order valence-corrected chi connectivity index (χ4v) is 4.67. The summed E-state index contributed by atoms with van der Waals surface area (Å²) >= 11 is 0.585. The topological polar surface area (TPSA) is 83.5 Å². The molecule has 1 amide bonds. The molecule has 1 fully saturated rings. The number of nitrogens with one attached hydrogen (secondary N) is 2. The van der Waals surface area contributed by atoms with Gasteiger partial charge in [0.05, 0.1) is 11.0 Å². The maximum absolute atomic E-state index is 13.6. The highest BCUT2D eigenvalue weighted by Gasteiger charge is 2.40. The van der Waals surface area contributed by atoms with Crippen molar-refractivity contribution in [2.75, 3.05) is 6.54 Å². The Bertz CT molecular complexity index is 1040. The highest BCUT2D eigenvalue weighted by atomic mass is 32.1. The Morgan fingerprint density at radius 2 is 1.92 bits per heavy atom. The van der Waals surface area contributed by atoms with E-state index in [1.54, 1.807) is 0 Å². The molecule has 6 nitrogen and oxygen atoms in total. The fraction of sp³-hybridized carbons (Fsp3) is 0.565. The van der Waals surface area contributed by atoms with Crippen LogP contribution in [0.3, 0.4) is 0 Å². The third-order valence-electron chi connectivity index (χ3n) is 5.72. The number of benzene rings is 1. The fourth-order valence-electron chi connectivity index (χ4n) is 3.68. The quantitative estimate of drug-likeness (QED) is 0.262. The summed E-state index contributed by atoms with van der Waals surface area (Å²) in [5.41, 5.74) is -1.12. The molecule has 0 spiro atoms. The van der Waals surface area contributed by atoms with E-state index in [0.29, 0.717) is 17.3 Å². The number of halogens is 6. The number of nitrogens with zero attached hydrogens (tertiary/aromatic N) is 1. The lowest BCUT2D eigenvalue weighted by Crippen LogP contribution is -2.36. The molecule has 0 saturated heterocycles. The van der Waals surface area contributed by atoms with E-state index in [4.69, 9.17) is 0 Å². The maximum Gasteiger partial charge on any atom is 0.573 e. The van der Waals surface area contributed by atoms with Crippen LogP contribution in [0.4, 0.5) is 26.3 Å². The van der Waals surface area contributed by atoms with Crippen LogP contribution in [0.15, 0.2) is 24.3 Å². The maximum atomic E-state index is 13.6. The lowest BCUT2D eigenvalue weighted by Gasteiger charge is -2.19. The van der Waals surface area contributed by atoms with Crippen LogP contribution < -0.4 is 15.4 Å². The average molecular weight is 540 g/mol. The van der Waals surface area contributed by atoms with Gasteiger partial charge in [-0.1, -0.05) is 31.9 Å². The lowest BCUT2D eigenvalue weighted by molar-refractivity contribution is -0.274. The molecule has 0 aliphatic heterocycles. The summed E-state index contributed by atoms with van der Waals surface area (Å²) in [7, 11) is 0. The number of aliphatic hydroxyl groups is 1. The van der Waals surface area contributed by atoms with Crippen LogP contribution >= 0.6 is 11.3 Å². The zero-order valence-electron chi connectivity index (χ0n) is 19.5. The number of hydrogen-bond acceptors (Lipinski definition) is 6. The van der Waals surface area contributed by atoms with Crippen molar-refractivity contribution in [3.05, 3.63) is 45.4 Å². The minimum absolute atomic E-state index is 0.00221. The van der Waals surface area contributed by atoms with Crippen LogP contribution in [0, 0.1) is 11.8 Å². The van der Waals surface area contributed by atoms with E-state index < -0.39 is 47.0 Å². The van der Waals surface area contributed by atoms with E-state index >= 15 is 0 Å². The SMILES string of the molecule is CC(NC(=O)c1sc(CCNC(O)C(C)CC2CC2)nc1C(F)(F)F)c1cccc(OC(F)(F)F)c1. The third kappa shape index (κ3) is 8.34. The van der Waals surface area contributed by atoms with Gasteiger partial charge in [0.15, 0.2) is 5.69 Å². The summed E-state index contributed by atoms with van der Waals surface area (Å²) in [6.07, 6.45) is -7.35. The minimum Gasteiger partial charge on any atom is -0.406 e. The molecule has 2 aromatic rings. The van der Waals surface area contributed by atoms with Crippen LogP contribution in [0.2, 0.25) is 0 Å². The summed E-state index contributed by atoms with van der Waals surface area (Å²) in [4.78, 5) is 15.7. The summed E-state index contributed by atoms with van der Waals surface area (Å²) in [6.45, 7) is 3.49. The van der Waals surface area contributed by atoms with Crippen molar-refractivity contribution in [2.45, 2.75) is 64.3 Å². The van der Waals surface area contributed by atoms with Gasteiger partial charge < -0.3 is 15.2 Å². The van der Waals surface area contributed by atoms with Crippen LogP contribution in [0.5, 0.6) is 5.75 Å². The number of aliphatic hydroxyl groups excluding tert-OH is 1. The van der Waals surface area contributed by atoms with Gasteiger partial charge in [-0.25, -0.2) is 4.98 Å². The molecule has 1 aliphatic rings. The predicted molar refractivity (Wildman–Crippen MR) is 120 cm³/mol. The first kappa shape index (κ1) is 28.2. The van der Waals surface area contributed by atoms with Crippen molar-refractivity contribution in [3.63, 3.8) is 0 Å². The van der Waals surface area contributed by atoms with Crippen molar-refractivity contribution in [1.82, 2.24) is 15.6 Å². The Labute approximate surface area is 208 Å². The van der Waals surface area contributed by atoms with E-state index in [9.17, 15) is 36.2 Å². The zero-order valence-corrected chi connectivity index (χ0v) is 20.4. The standard InChI is InChI=1S/C23H27F6N3O3S/c1-12(10-14-6-7-14)20(33)30-9-8-17-32-19(22(24,25)26)18(36-17)21(34)31-13(2)15-4-3-5-16(11-15)35-23(27,28)29/h3-5,11-14,20,30,33H,6-10H2,1-2H3,(H,31,34). The molecule has 1 aromatic heterocycles. The first-order chi connectivity index (χ1) is 16.7. The van der Waals surface area contributed by atoms with Crippen LogP contribution in [0.25, 0.3) is 0 Å². The van der Waals surface area contributed by atoms with Gasteiger partial charge in [0, 0.05) is 13.0 Å². The lowest BCUT2D eigenvalue weighted by atomic mass is 10.0. The predicted octanol–water partition coefficient (Wildman–Crippen LogP) is 5.44.